The number of aromatic nitrogens is 1. The number of nitrogens with one attached hydrogen (secondary N) is 2. The van der Waals surface area contributed by atoms with Crippen molar-refractivity contribution in [2.24, 2.45) is 0 Å². The van der Waals surface area contributed by atoms with Gasteiger partial charge in [-0.1, -0.05) is 29.5 Å². The van der Waals surface area contributed by atoms with E-state index >= 15 is 0 Å². The highest BCUT2D eigenvalue weighted by Crippen LogP contribution is 2.28. The molecule has 0 spiro atoms. The highest BCUT2D eigenvalue weighted by molar-refractivity contribution is 7.22. The minimum Gasteiger partial charge on any atom is -0.322 e. The molecule has 4 rings (SSSR count). The lowest BCUT2D eigenvalue weighted by atomic mass is 10.1. The fourth-order valence-corrected chi connectivity index (χ4v) is 3.79. The molecular formula is C22H16FN3O2S. The highest BCUT2D eigenvalue weighted by Gasteiger charge is 2.12. The van der Waals surface area contributed by atoms with Crippen LogP contribution in [-0.2, 0) is 0 Å². The van der Waals surface area contributed by atoms with Gasteiger partial charge in [0.15, 0.2) is 5.13 Å². The van der Waals surface area contributed by atoms with Gasteiger partial charge < -0.3 is 5.32 Å². The molecule has 0 bridgehead atoms. The van der Waals surface area contributed by atoms with Crippen molar-refractivity contribution in [3.63, 3.8) is 0 Å². The van der Waals surface area contributed by atoms with Gasteiger partial charge in [-0.3, -0.25) is 14.9 Å². The zero-order valence-corrected chi connectivity index (χ0v) is 16.2. The first-order valence-corrected chi connectivity index (χ1v) is 9.66. The first-order chi connectivity index (χ1) is 14.0. The Hall–Kier alpha value is -3.58. The van der Waals surface area contributed by atoms with E-state index in [4.69, 9.17) is 0 Å². The average molecular weight is 405 g/mol. The minimum absolute atomic E-state index is 0.320. The summed E-state index contributed by atoms with van der Waals surface area (Å²) in [5.74, 6) is -1.12. The quantitative estimate of drug-likeness (QED) is 0.487. The van der Waals surface area contributed by atoms with E-state index in [0.29, 0.717) is 21.9 Å². The third-order valence-electron chi connectivity index (χ3n) is 4.33. The van der Waals surface area contributed by atoms with Gasteiger partial charge in [0.2, 0.25) is 0 Å². The molecular weight excluding hydrogens is 389 g/mol. The Kier molecular flexibility index (Phi) is 5.05. The predicted octanol–water partition coefficient (Wildman–Crippen LogP) is 5.25. The summed E-state index contributed by atoms with van der Waals surface area (Å²) in [6.45, 7) is 1.97. The number of para-hydroxylation sites is 1. The van der Waals surface area contributed by atoms with Crippen molar-refractivity contribution in [1.29, 1.82) is 0 Å². The number of carbonyl (C=O) groups excluding carboxylic acids is 2. The lowest BCUT2D eigenvalue weighted by molar-refractivity contribution is 0.101. The fourth-order valence-electron chi connectivity index (χ4n) is 2.85. The summed E-state index contributed by atoms with van der Waals surface area (Å²) in [6, 6.07) is 17.7. The van der Waals surface area contributed by atoms with Crippen LogP contribution in [0.4, 0.5) is 15.2 Å². The number of benzene rings is 3. The van der Waals surface area contributed by atoms with E-state index in [-0.39, 0.29) is 11.8 Å². The Morgan fingerprint density at radius 1 is 0.897 bits per heavy atom. The number of hydrogen-bond donors (Lipinski definition) is 2. The molecule has 0 unspecified atom stereocenters. The number of rotatable bonds is 4. The second-order valence-corrected chi connectivity index (χ2v) is 7.47. The van der Waals surface area contributed by atoms with Gasteiger partial charge in [-0.15, -0.1) is 0 Å². The Labute approximate surface area is 170 Å². The van der Waals surface area contributed by atoms with Crippen LogP contribution in [0.25, 0.3) is 10.2 Å². The summed E-state index contributed by atoms with van der Waals surface area (Å²) in [6.07, 6.45) is 0. The summed E-state index contributed by atoms with van der Waals surface area (Å²) in [5.41, 5.74) is 3.09. The van der Waals surface area contributed by atoms with Crippen LogP contribution >= 0.6 is 11.3 Å². The summed E-state index contributed by atoms with van der Waals surface area (Å²) < 4.78 is 14.0. The van der Waals surface area contributed by atoms with E-state index in [1.54, 1.807) is 24.3 Å². The van der Waals surface area contributed by atoms with Crippen molar-refractivity contribution in [3.8, 4) is 0 Å². The SMILES string of the molecule is Cc1cccc2sc(NC(=O)c3cccc(NC(=O)c4ccc(F)cc4)c3)nc12. The number of carbonyl (C=O) groups is 2. The minimum atomic E-state index is -0.412. The van der Waals surface area contributed by atoms with Crippen molar-refractivity contribution < 1.29 is 14.0 Å². The summed E-state index contributed by atoms with van der Waals surface area (Å²) in [4.78, 5) is 29.4. The average Bonchev–Trinajstić information content (AvgIpc) is 3.12. The molecule has 0 fully saturated rings. The molecule has 0 atom stereocenters. The van der Waals surface area contributed by atoms with Gasteiger partial charge in [-0.25, -0.2) is 9.37 Å². The number of fused-ring (bicyclic) bond motifs is 1. The van der Waals surface area contributed by atoms with Crippen LogP contribution in [0.15, 0.2) is 66.7 Å². The zero-order chi connectivity index (χ0) is 20.4. The van der Waals surface area contributed by atoms with E-state index < -0.39 is 5.82 Å². The Balaban J connectivity index is 1.50. The van der Waals surface area contributed by atoms with E-state index in [1.165, 1.54) is 35.6 Å². The molecule has 7 heteroatoms. The number of anilines is 2. The standard InChI is InChI=1S/C22H16FN3O2S/c1-13-4-2-7-18-19(13)25-22(29-18)26-21(28)15-5-3-6-17(12-15)24-20(27)14-8-10-16(23)11-9-14/h2-12H,1H3,(H,24,27)(H,25,26,28). The molecule has 0 aliphatic rings. The molecule has 2 amide bonds. The first-order valence-electron chi connectivity index (χ1n) is 8.84. The summed E-state index contributed by atoms with van der Waals surface area (Å²) in [5, 5.41) is 6.03. The summed E-state index contributed by atoms with van der Waals surface area (Å²) in [7, 11) is 0. The number of aryl methyl sites for hydroxylation is 1. The normalized spacial score (nSPS) is 10.7. The van der Waals surface area contributed by atoms with E-state index in [1.807, 2.05) is 25.1 Å². The smallest absolute Gasteiger partial charge is 0.257 e. The van der Waals surface area contributed by atoms with E-state index in [2.05, 4.69) is 15.6 Å². The topological polar surface area (TPSA) is 71.1 Å². The molecule has 0 radical (unpaired) electrons. The van der Waals surface area contributed by atoms with Crippen molar-refractivity contribution in [2.45, 2.75) is 6.92 Å². The molecule has 5 nitrogen and oxygen atoms in total. The van der Waals surface area contributed by atoms with Crippen molar-refractivity contribution in [1.82, 2.24) is 4.98 Å². The van der Waals surface area contributed by atoms with Crippen LogP contribution in [0, 0.1) is 12.7 Å². The zero-order valence-electron chi connectivity index (χ0n) is 15.4. The maximum Gasteiger partial charge on any atom is 0.257 e. The lowest BCUT2D eigenvalue weighted by Crippen LogP contribution is -2.14. The molecule has 29 heavy (non-hydrogen) atoms. The molecule has 1 heterocycles. The van der Waals surface area contributed by atoms with Gasteiger partial charge in [-0.2, -0.15) is 0 Å². The van der Waals surface area contributed by atoms with Gasteiger partial charge >= 0.3 is 0 Å². The van der Waals surface area contributed by atoms with E-state index in [0.717, 1.165) is 15.8 Å². The highest BCUT2D eigenvalue weighted by atomic mass is 32.1. The van der Waals surface area contributed by atoms with Crippen LogP contribution in [0.2, 0.25) is 0 Å². The number of nitrogens with zero attached hydrogens (tertiary/aromatic N) is 1. The van der Waals surface area contributed by atoms with Crippen molar-refractivity contribution in [2.75, 3.05) is 10.6 Å². The van der Waals surface area contributed by atoms with Gasteiger partial charge in [0.05, 0.1) is 10.2 Å². The third-order valence-corrected chi connectivity index (χ3v) is 5.27. The second kappa shape index (κ2) is 7.81. The largest absolute Gasteiger partial charge is 0.322 e. The first kappa shape index (κ1) is 18.8. The Bertz CT molecular complexity index is 1220. The monoisotopic (exact) mass is 405 g/mol. The lowest BCUT2D eigenvalue weighted by Gasteiger charge is -2.07. The number of halogens is 1. The van der Waals surface area contributed by atoms with Crippen LogP contribution in [-0.4, -0.2) is 16.8 Å². The molecule has 0 saturated carbocycles. The maximum absolute atomic E-state index is 13.0. The number of thiazole rings is 1. The predicted molar refractivity (Wildman–Crippen MR) is 113 cm³/mol. The van der Waals surface area contributed by atoms with Gasteiger partial charge in [0.1, 0.15) is 5.82 Å². The number of amides is 2. The molecule has 2 N–H and O–H groups in total. The van der Waals surface area contributed by atoms with Crippen LogP contribution < -0.4 is 10.6 Å². The molecule has 3 aromatic carbocycles. The summed E-state index contributed by atoms with van der Waals surface area (Å²) >= 11 is 1.40. The van der Waals surface area contributed by atoms with Crippen LogP contribution in [0.5, 0.6) is 0 Å². The molecule has 144 valence electrons. The van der Waals surface area contributed by atoms with Gasteiger partial charge in [0, 0.05) is 16.8 Å². The van der Waals surface area contributed by atoms with Crippen molar-refractivity contribution >= 4 is 44.2 Å². The van der Waals surface area contributed by atoms with Gasteiger partial charge in [-0.05, 0) is 61.0 Å². The second-order valence-electron chi connectivity index (χ2n) is 6.44. The van der Waals surface area contributed by atoms with Gasteiger partial charge in [0.25, 0.3) is 11.8 Å². The van der Waals surface area contributed by atoms with Crippen LogP contribution in [0.1, 0.15) is 26.3 Å². The number of hydrogen-bond acceptors (Lipinski definition) is 4. The fraction of sp³-hybridized carbons (Fsp3) is 0.0455. The van der Waals surface area contributed by atoms with Crippen LogP contribution in [0.3, 0.4) is 0 Å². The Morgan fingerprint density at radius 3 is 2.38 bits per heavy atom. The molecule has 1 aromatic heterocycles. The molecule has 0 aliphatic heterocycles. The third kappa shape index (κ3) is 4.14. The molecule has 0 saturated heterocycles. The van der Waals surface area contributed by atoms with Crippen molar-refractivity contribution in [3.05, 3.63) is 89.2 Å². The molecule has 0 aliphatic carbocycles. The molecule has 4 aromatic rings. The van der Waals surface area contributed by atoms with E-state index in [9.17, 15) is 14.0 Å². The maximum atomic E-state index is 13.0. The Morgan fingerprint density at radius 2 is 1.62 bits per heavy atom.